The van der Waals surface area contributed by atoms with Crippen LogP contribution in [0.5, 0.6) is 5.75 Å². The van der Waals surface area contributed by atoms with E-state index in [2.05, 4.69) is 0 Å². The van der Waals surface area contributed by atoms with E-state index in [1.807, 2.05) is 97.3 Å². The molecule has 5 aromatic rings. The number of ether oxygens (including phenoxy) is 1. The zero-order valence-corrected chi connectivity index (χ0v) is 20.7. The molecule has 6 rings (SSSR count). The molecular formula is C33H25NO3. The smallest absolute Gasteiger partial charge is 0.211 e. The van der Waals surface area contributed by atoms with Crippen LogP contribution >= 0.6 is 0 Å². The number of hydrogen-bond acceptors (Lipinski definition) is 3. The topological polar surface area (TPSA) is 48.3 Å². The molecule has 1 heterocycles. The minimum atomic E-state index is -0.153. The number of carbonyl (C=O) groups is 2. The molecule has 0 unspecified atom stereocenters. The van der Waals surface area contributed by atoms with Crippen molar-refractivity contribution in [3.63, 3.8) is 0 Å². The van der Waals surface area contributed by atoms with Crippen LogP contribution in [0.2, 0.25) is 0 Å². The van der Waals surface area contributed by atoms with Gasteiger partial charge in [0.05, 0.1) is 17.9 Å². The standard InChI is InChI=1S/C33H25NO3/c1-3-37-25-19-15-22(16-20-25)28-29-31(33(36)27-12-8-7-11-26(27)32(29)35)34(24-17-13-21(2)14-18-24)30(28)23-9-5-4-6-10-23/h4-20H,3H2,1-2H3. The lowest BCUT2D eigenvalue weighted by Crippen LogP contribution is -2.22. The predicted octanol–water partition coefficient (Wildman–Crippen LogP) is 7.29. The molecule has 0 radical (unpaired) electrons. The first-order valence-electron chi connectivity index (χ1n) is 12.4. The zero-order chi connectivity index (χ0) is 25.5. The summed E-state index contributed by atoms with van der Waals surface area (Å²) >= 11 is 0. The molecule has 1 aromatic heterocycles. The summed E-state index contributed by atoms with van der Waals surface area (Å²) in [6, 6.07) is 32.8. The molecule has 0 saturated carbocycles. The van der Waals surface area contributed by atoms with E-state index in [1.54, 1.807) is 24.3 Å². The lowest BCUT2D eigenvalue weighted by atomic mass is 9.84. The monoisotopic (exact) mass is 483 g/mol. The third kappa shape index (κ3) is 3.69. The van der Waals surface area contributed by atoms with Crippen molar-refractivity contribution in [3.05, 3.63) is 131 Å². The summed E-state index contributed by atoms with van der Waals surface area (Å²) in [5, 5.41) is 0. The van der Waals surface area contributed by atoms with Gasteiger partial charge in [0, 0.05) is 22.4 Å². The van der Waals surface area contributed by atoms with Gasteiger partial charge >= 0.3 is 0 Å². The van der Waals surface area contributed by atoms with Crippen LogP contribution < -0.4 is 4.74 Å². The van der Waals surface area contributed by atoms with Crippen molar-refractivity contribution < 1.29 is 14.3 Å². The van der Waals surface area contributed by atoms with Crippen molar-refractivity contribution in [2.75, 3.05) is 6.61 Å². The molecule has 4 aromatic carbocycles. The largest absolute Gasteiger partial charge is 0.494 e. The average Bonchev–Trinajstić information content (AvgIpc) is 3.30. The Balaban J connectivity index is 1.75. The summed E-state index contributed by atoms with van der Waals surface area (Å²) in [6.45, 7) is 4.54. The molecule has 1 aliphatic rings. The van der Waals surface area contributed by atoms with Crippen molar-refractivity contribution >= 4 is 11.6 Å². The number of carbonyl (C=O) groups excluding carboxylic acids is 2. The molecule has 1 aliphatic carbocycles. The third-order valence-electron chi connectivity index (χ3n) is 6.82. The van der Waals surface area contributed by atoms with Gasteiger partial charge in [-0.1, -0.05) is 84.4 Å². The summed E-state index contributed by atoms with van der Waals surface area (Å²) < 4.78 is 7.63. The minimum Gasteiger partial charge on any atom is -0.494 e. The van der Waals surface area contributed by atoms with Crippen LogP contribution in [0.3, 0.4) is 0 Å². The van der Waals surface area contributed by atoms with E-state index < -0.39 is 0 Å². The van der Waals surface area contributed by atoms with Gasteiger partial charge < -0.3 is 9.30 Å². The number of aryl methyl sites for hydroxylation is 1. The van der Waals surface area contributed by atoms with Gasteiger partial charge in [-0.3, -0.25) is 9.59 Å². The van der Waals surface area contributed by atoms with E-state index in [1.165, 1.54) is 0 Å². The second-order valence-corrected chi connectivity index (χ2v) is 9.15. The highest BCUT2D eigenvalue weighted by atomic mass is 16.5. The van der Waals surface area contributed by atoms with Gasteiger partial charge in [-0.05, 0) is 49.2 Å². The fraction of sp³-hybridized carbons (Fsp3) is 0.0909. The molecule has 4 heteroatoms. The van der Waals surface area contributed by atoms with Crippen LogP contribution in [0.4, 0.5) is 0 Å². The fourth-order valence-corrected chi connectivity index (χ4v) is 5.14. The number of rotatable bonds is 5. The summed E-state index contributed by atoms with van der Waals surface area (Å²) in [5.74, 6) is 0.462. The van der Waals surface area contributed by atoms with Gasteiger partial charge in [-0.25, -0.2) is 0 Å². The van der Waals surface area contributed by atoms with Gasteiger partial charge in [0.1, 0.15) is 11.4 Å². The van der Waals surface area contributed by atoms with Crippen LogP contribution in [0, 0.1) is 6.92 Å². The SMILES string of the molecule is CCOc1ccc(-c2c3c(n(-c4ccc(C)cc4)c2-c2ccccc2)C(=O)c2ccccc2C3=O)cc1. The Morgan fingerprint density at radius 1 is 0.622 bits per heavy atom. The molecule has 0 amide bonds. The number of ketones is 2. The van der Waals surface area contributed by atoms with Gasteiger partial charge in [0.25, 0.3) is 0 Å². The Hall–Kier alpha value is -4.70. The highest BCUT2D eigenvalue weighted by Gasteiger charge is 2.38. The van der Waals surface area contributed by atoms with E-state index in [9.17, 15) is 9.59 Å². The molecule has 0 N–H and O–H groups in total. The predicted molar refractivity (Wildman–Crippen MR) is 146 cm³/mol. The minimum absolute atomic E-state index is 0.142. The zero-order valence-electron chi connectivity index (χ0n) is 20.7. The van der Waals surface area contributed by atoms with E-state index >= 15 is 0 Å². The maximum Gasteiger partial charge on any atom is 0.211 e. The van der Waals surface area contributed by atoms with E-state index in [4.69, 9.17) is 4.74 Å². The Kier molecular flexibility index (Phi) is 5.57. The van der Waals surface area contributed by atoms with E-state index in [0.717, 1.165) is 39.4 Å². The van der Waals surface area contributed by atoms with Crippen molar-refractivity contribution in [2.24, 2.45) is 0 Å². The van der Waals surface area contributed by atoms with Gasteiger partial charge in [-0.2, -0.15) is 0 Å². The van der Waals surface area contributed by atoms with Crippen LogP contribution in [-0.4, -0.2) is 22.7 Å². The van der Waals surface area contributed by atoms with Crippen molar-refractivity contribution in [2.45, 2.75) is 13.8 Å². The van der Waals surface area contributed by atoms with Crippen molar-refractivity contribution in [3.8, 4) is 33.8 Å². The molecule has 37 heavy (non-hydrogen) atoms. The molecule has 0 saturated heterocycles. The Labute approximate surface area is 215 Å². The van der Waals surface area contributed by atoms with E-state index in [0.29, 0.717) is 29.0 Å². The number of benzene rings is 4. The second-order valence-electron chi connectivity index (χ2n) is 9.15. The van der Waals surface area contributed by atoms with Gasteiger partial charge in [-0.15, -0.1) is 0 Å². The molecule has 0 atom stereocenters. The second kappa shape index (κ2) is 9.07. The number of fused-ring (bicyclic) bond motifs is 2. The maximum atomic E-state index is 14.1. The highest BCUT2D eigenvalue weighted by molar-refractivity contribution is 6.31. The molecule has 180 valence electrons. The lowest BCUT2D eigenvalue weighted by Gasteiger charge is -2.18. The Bertz CT molecular complexity index is 1640. The summed E-state index contributed by atoms with van der Waals surface area (Å²) in [5.41, 5.74) is 6.99. The Morgan fingerprint density at radius 2 is 1.24 bits per heavy atom. The van der Waals surface area contributed by atoms with Gasteiger partial charge in [0.15, 0.2) is 5.78 Å². The number of hydrogen-bond donors (Lipinski definition) is 0. The first-order valence-corrected chi connectivity index (χ1v) is 12.4. The quantitative estimate of drug-likeness (QED) is 0.259. The first kappa shape index (κ1) is 22.7. The first-order chi connectivity index (χ1) is 18.1. The van der Waals surface area contributed by atoms with Crippen LogP contribution in [0.25, 0.3) is 28.1 Å². The Morgan fingerprint density at radius 3 is 1.89 bits per heavy atom. The van der Waals surface area contributed by atoms with Crippen molar-refractivity contribution in [1.82, 2.24) is 4.57 Å². The molecular weight excluding hydrogens is 458 g/mol. The third-order valence-corrected chi connectivity index (χ3v) is 6.82. The average molecular weight is 484 g/mol. The van der Waals surface area contributed by atoms with Crippen LogP contribution in [0.15, 0.2) is 103 Å². The van der Waals surface area contributed by atoms with Gasteiger partial charge in [0.2, 0.25) is 5.78 Å². The summed E-state index contributed by atoms with van der Waals surface area (Å²) in [4.78, 5) is 28.2. The molecule has 4 nitrogen and oxygen atoms in total. The van der Waals surface area contributed by atoms with Crippen molar-refractivity contribution in [1.29, 1.82) is 0 Å². The molecule has 0 bridgehead atoms. The van der Waals surface area contributed by atoms with E-state index in [-0.39, 0.29) is 11.6 Å². The van der Waals surface area contributed by atoms with Crippen LogP contribution in [-0.2, 0) is 0 Å². The summed E-state index contributed by atoms with van der Waals surface area (Å²) in [7, 11) is 0. The highest BCUT2D eigenvalue weighted by Crippen LogP contribution is 2.45. The molecule has 0 fully saturated rings. The lowest BCUT2D eigenvalue weighted by molar-refractivity contribution is 0.0975. The molecule has 0 spiro atoms. The number of nitrogens with zero attached hydrogens (tertiary/aromatic N) is 1. The normalized spacial score (nSPS) is 12.3. The molecule has 0 aliphatic heterocycles. The number of aromatic nitrogens is 1. The van der Waals surface area contributed by atoms with Crippen LogP contribution in [0.1, 0.15) is 44.5 Å². The maximum absolute atomic E-state index is 14.1. The summed E-state index contributed by atoms with van der Waals surface area (Å²) in [6.07, 6.45) is 0. The fourth-order valence-electron chi connectivity index (χ4n) is 5.14.